The van der Waals surface area contributed by atoms with Gasteiger partial charge in [0.2, 0.25) is 5.91 Å². The van der Waals surface area contributed by atoms with E-state index in [-0.39, 0.29) is 18.0 Å². The molecule has 0 bridgehead atoms. The summed E-state index contributed by atoms with van der Waals surface area (Å²) in [6.07, 6.45) is -6.01. The molecule has 0 saturated carbocycles. The molecular formula is C20H19F3N2O4. The number of hydrogen-bond donors (Lipinski definition) is 1. The summed E-state index contributed by atoms with van der Waals surface area (Å²) in [6, 6.07) is 14.4. The van der Waals surface area contributed by atoms with Gasteiger partial charge in [0, 0.05) is 24.8 Å². The summed E-state index contributed by atoms with van der Waals surface area (Å²) in [5.41, 5.74) is 1.09. The Morgan fingerprint density at radius 3 is 2.66 bits per heavy atom. The third-order valence-electron chi connectivity index (χ3n) is 4.21. The van der Waals surface area contributed by atoms with Crippen molar-refractivity contribution in [1.82, 2.24) is 4.90 Å². The Labute approximate surface area is 165 Å². The number of nitrogens with zero attached hydrogens (tertiary/aromatic N) is 1. The molecule has 2 aromatic rings. The lowest BCUT2D eigenvalue weighted by Gasteiger charge is -2.32. The number of morpholine rings is 1. The summed E-state index contributed by atoms with van der Waals surface area (Å²) >= 11 is 0. The summed E-state index contributed by atoms with van der Waals surface area (Å²) < 4.78 is 46.2. The molecular weight excluding hydrogens is 389 g/mol. The molecule has 1 N–H and O–H groups in total. The van der Waals surface area contributed by atoms with Gasteiger partial charge in [-0.2, -0.15) is 0 Å². The minimum atomic E-state index is -4.83. The summed E-state index contributed by atoms with van der Waals surface area (Å²) in [5.74, 6) is -1.30. The van der Waals surface area contributed by atoms with Crippen molar-refractivity contribution in [2.45, 2.75) is 25.4 Å². The molecule has 154 valence electrons. The summed E-state index contributed by atoms with van der Waals surface area (Å²) in [6.45, 7) is 1.13. The average Bonchev–Trinajstić information content (AvgIpc) is 2.65. The Hall–Kier alpha value is -3.07. The zero-order valence-corrected chi connectivity index (χ0v) is 15.3. The molecule has 2 amide bonds. The van der Waals surface area contributed by atoms with E-state index in [0.29, 0.717) is 19.7 Å². The number of ether oxygens (including phenoxy) is 2. The maximum Gasteiger partial charge on any atom is 0.573 e. The van der Waals surface area contributed by atoms with E-state index in [9.17, 15) is 22.8 Å². The van der Waals surface area contributed by atoms with Gasteiger partial charge in [-0.05, 0) is 17.7 Å². The molecule has 6 nitrogen and oxygen atoms in total. The van der Waals surface area contributed by atoms with E-state index < -0.39 is 24.1 Å². The number of carbonyl (C=O) groups excluding carboxylic acids is 2. The zero-order chi connectivity index (χ0) is 20.9. The van der Waals surface area contributed by atoms with Crippen molar-refractivity contribution in [3.8, 4) is 5.75 Å². The zero-order valence-electron chi connectivity index (χ0n) is 15.3. The third-order valence-corrected chi connectivity index (χ3v) is 4.21. The van der Waals surface area contributed by atoms with Gasteiger partial charge in [-0.3, -0.25) is 9.59 Å². The van der Waals surface area contributed by atoms with Gasteiger partial charge in [0.05, 0.1) is 13.0 Å². The monoisotopic (exact) mass is 408 g/mol. The first-order valence-electron chi connectivity index (χ1n) is 8.90. The fourth-order valence-electron chi connectivity index (χ4n) is 2.95. The lowest BCUT2D eigenvalue weighted by molar-refractivity contribution is -0.274. The fraction of sp³-hybridized carbons (Fsp3) is 0.300. The van der Waals surface area contributed by atoms with Gasteiger partial charge in [-0.15, -0.1) is 13.2 Å². The number of hydrogen-bond acceptors (Lipinski definition) is 4. The van der Waals surface area contributed by atoms with Crippen LogP contribution in [0.5, 0.6) is 5.75 Å². The SMILES string of the molecule is O=C(CC1OCCN(Cc2ccccc2)C1=O)Nc1cccc(OC(F)(F)F)c1. The fourth-order valence-corrected chi connectivity index (χ4v) is 2.95. The quantitative estimate of drug-likeness (QED) is 0.796. The van der Waals surface area contributed by atoms with Crippen molar-refractivity contribution in [2.75, 3.05) is 18.5 Å². The van der Waals surface area contributed by atoms with Crippen LogP contribution in [0.25, 0.3) is 0 Å². The van der Waals surface area contributed by atoms with Crippen LogP contribution < -0.4 is 10.1 Å². The standard InChI is InChI=1S/C20H19F3N2O4/c21-20(22,23)29-16-8-4-7-15(11-16)24-18(26)12-17-19(27)25(9-10-28-17)13-14-5-2-1-3-6-14/h1-8,11,17H,9-10,12-13H2,(H,24,26). The van der Waals surface area contributed by atoms with Crippen LogP contribution in [0.3, 0.4) is 0 Å². The van der Waals surface area contributed by atoms with E-state index in [4.69, 9.17) is 4.74 Å². The van der Waals surface area contributed by atoms with Crippen molar-refractivity contribution in [3.05, 3.63) is 60.2 Å². The van der Waals surface area contributed by atoms with E-state index in [2.05, 4.69) is 10.1 Å². The highest BCUT2D eigenvalue weighted by Crippen LogP contribution is 2.25. The van der Waals surface area contributed by atoms with Crippen molar-refractivity contribution >= 4 is 17.5 Å². The second-order valence-electron chi connectivity index (χ2n) is 6.43. The Morgan fingerprint density at radius 2 is 1.93 bits per heavy atom. The lowest BCUT2D eigenvalue weighted by Crippen LogP contribution is -2.48. The normalized spacial score (nSPS) is 17.1. The molecule has 0 aromatic heterocycles. The molecule has 0 spiro atoms. The van der Waals surface area contributed by atoms with Crippen LogP contribution in [-0.4, -0.2) is 42.3 Å². The van der Waals surface area contributed by atoms with Gasteiger partial charge in [0.15, 0.2) is 0 Å². The summed E-state index contributed by atoms with van der Waals surface area (Å²) in [5, 5.41) is 2.46. The second-order valence-corrected chi connectivity index (χ2v) is 6.43. The number of anilines is 1. The first-order valence-corrected chi connectivity index (χ1v) is 8.90. The second kappa shape index (κ2) is 8.95. The minimum absolute atomic E-state index is 0.126. The van der Waals surface area contributed by atoms with Crippen molar-refractivity contribution in [2.24, 2.45) is 0 Å². The first kappa shape index (κ1) is 20.7. The van der Waals surface area contributed by atoms with E-state index >= 15 is 0 Å². The Morgan fingerprint density at radius 1 is 1.17 bits per heavy atom. The Bertz CT molecular complexity index is 858. The van der Waals surface area contributed by atoms with E-state index in [1.807, 2.05) is 30.3 Å². The molecule has 1 unspecified atom stereocenters. The van der Waals surface area contributed by atoms with Gasteiger partial charge >= 0.3 is 6.36 Å². The molecule has 1 saturated heterocycles. The van der Waals surface area contributed by atoms with Crippen LogP contribution in [0.4, 0.5) is 18.9 Å². The molecule has 1 aliphatic rings. The van der Waals surface area contributed by atoms with Crippen molar-refractivity contribution in [1.29, 1.82) is 0 Å². The Kier molecular flexibility index (Phi) is 6.38. The van der Waals surface area contributed by atoms with E-state index in [0.717, 1.165) is 17.7 Å². The molecule has 3 rings (SSSR count). The predicted molar refractivity (Wildman–Crippen MR) is 98.0 cm³/mol. The van der Waals surface area contributed by atoms with Crippen molar-refractivity contribution < 1.29 is 32.2 Å². The Balaban J connectivity index is 1.57. The summed E-state index contributed by atoms with van der Waals surface area (Å²) in [7, 11) is 0. The van der Waals surface area contributed by atoms with Crippen LogP contribution in [0.2, 0.25) is 0 Å². The number of benzene rings is 2. The number of carbonyl (C=O) groups is 2. The highest BCUT2D eigenvalue weighted by molar-refractivity contribution is 5.95. The highest BCUT2D eigenvalue weighted by atomic mass is 19.4. The lowest BCUT2D eigenvalue weighted by atomic mass is 10.1. The predicted octanol–water partition coefficient (Wildman–Crippen LogP) is 3.34. The van der Waals surface area contributed by atoms with Gasteiger partial charge in [0.1, 0.15) is 11.9 Å². The first-order chi connectivity index (χ1) is 13.8. The topological polar surface area (TPSA) is 67.9 Å². The number of alkyl halides is 3. The van der Waals surface area contributed by atoms with Crippen LogP contribution in [0.15, 0.2) is 54.6 Å². The van der Waals surface area contributed by atoms with Crippen LogP contribution in [-0.2, 0) is 20.9 Å². The van der Waals surface area contributed by atoms with Crippen LogP contribution in [0, 0.1) is 0 Å². The molecule has 29 heavy (non-hydrogen) atoms. The van der Waals surface area contributed by atoms with Crippen LogP contribution in [0.1, 0.15) is 12.0 Å². The average molecular weight is 408 g/mol. The highest BCUT2D eigenvalue weighted by Gasteiger charge is 2.32. The molecule has 0 aliphatic carbocycles. The van der Waals surface area contributed by atoms with Crippen molar-refractivity contribution in [3.63, 3.8) is 0 Å². The molecule has 1 heterocycles. The molecule has 1 atom stereocenters. The number of amides is 2. The molecule has 9 heteroatoms. The van der Waals surface area contributed by atoms with Gasteiger partial charge in [-0.1, -0.05) is 36.4 Å². The largest absolute Gasteiger partial charge is 0.573 e. The van der Waals surface area contributed by atoms with E-state index in [1.165, 1.54) is 12.1 Å². The minimum Gasteiger partial charge on any atom is -0.406 e. The summed E-state index contributed by atoms with van der Waals surface area (Å²) in [4.78, 5) is 26.5. The maximum absolute atomic E-state index is 12.6. The number of halogens is 3. The molecule has 0 radical (unpaired) electrons. The van der Waals surface area contributed by atoms with Gasteiger partial charge < -0.3 is 19.7 Å². The molecule has 1 aliphatic heterocycles. The number of rotatable bonds is 6. The van der Waals surface area contributed by atoms with Crippen LogP contribution >= 0.6 is 0 Å². The molecule has 2 aromatic carbocycles. The third kappa shape index (κ3) is 6.21. The van der Waals surface area contributed by atoms with E-state index in [1.54, 1.807) is 4.90 Å². The smallest absolute Gasteiger partial charge is 0.406 e. The maximum atomic E-state index is 12.6. The molecule has 1 fully saturated rings. The number of nitrogens with one attached hydrogen (secondary N) is 1. The van der Waals surface area contributed by atoms with Gasteiger partial charge in [0.25, 0.3) is 5.91 Å². The van der Waals surface area contributed by atoms with Gasteiger partial charge in [-0.25, -0.2) is 0 Å².